The maximum atomic E-state index is 5.78. The van der Waals surface area contributed by atoms with E-state index in [1.165, 1.54) is 0 Å². The molecule has 0 saturated carbocycles. The van der Waals surface area contributed by atoms with Gasteiger partial charge in [-0.1, -0.05) is 43.8 Å². The third kappa shape index (κ3) is 3.55. The second-order valence-corrected chi connectivity index (χ2v) is 4.18. The van der Waals surface area contributed by atoms with Crippen LogP contribution in [-0.4, -0.2) is 0 Å². The summed E-state index contributed by atoms with van der Waals surface area (Å²) < 4.78 is 0. The van der Waals surface area contributed by atoms with Crippen LogP contribution >= 0.6 is 11.8 Å². The fourth-order valence-electron chi connectivity index (χ4n) is 0.858. The van der Waals surface area contributed by atoms with E-state index in [1.807, 2.05) is 24.3 Å². The summed E-state index contributed by atoms with van der Waals surface area (Å²) in [5, 5.41) is 2.09. The van der Waals surface area contributed by atoms with Gasteiger partial charge in [-0.3, -0.25) is 0 Å². The number of nitrogens with two attached hydrogens (primary N) is 1. The van der Waals surface area contributed by atoms with Gasteiger partial charge in [0.25, 0.3) is 0 Å². The minimum Gasteiger partial charge on any atom is -0.398 e. The lowest BCUT2D eigenvalue weighted by Crippen LogP contribution is -1.85. The highest BCUT2D eigenvalue weighted by molar-refractivity contribution is 8.02. The number of hydrogen-bond donors (Lipinski definition) is 1. The Labute approximate surface area is 84.0 Å². The molecule has 2 heteroatoms. The fraction of sp³-hybridized carbons (Fsp3) is 0.273. The molecule has 1 aromatic rings. The lowest BCUT2D eigenvalue weighted by atomic mass is 10.2. The zero-order chi connectivity index (χ0) is 9.68. The Bertz CT molecular complexity index is 292. The van der Waals surface area contributed by atoms with Crippen LogP contribution in [0.2, 0.25) is 0 Å². The quantitative estimate of drug-likeness (QED) is 0.587. The molecule has 70 valence electrons. The molecule has 0 amide bonds. The zero-order valence-corrected chi connectivity index (χ0v) is 8.84. The summed E-state index contributed by atoms with van der Waals surface area (Å²) in [6.45, 7) is 4.32. The van der Waals surface area contributed by atoms with Gasteiger partial charge < -0.3 is 5.73 Å². The molecular weight excluding hydrogens is 178 g/mol. The van der Waals surface area contributed by atoms with Gasteiger partial charge in [-0.15, -0.1) is 0 Å². The van der Waals surface area contributed by atoms with Gasteiger partial charge in [-0.05, 0) is 23.5 Å². The summed E-state index contributed by atoms with van der Waals surface area (Å²) in [5.74, 6) is 0.595. The Kier molecular flexibility index (Phi) is 3.90. The molecule has 13 heavy (non-hydrogen) atoms. The van der Waals surface area contributed by atoms with Crippen molar-refractivity contribution in [1.82, 2.24) is 0 Å². The van der Waals surface area contributed by atoms with Crippen LogP contribution in [0.25, 0.3) is 0 Å². The number of rotatable bonds is 3. The van der Waals surface area contributed by atoms with Gasteiger partial charge in [0.2, 0.25) is 0 Å². The molecule has 1 nitrogen and oxygen atoms in total. The van der Waals surface area contributed by atoms with Crippen molar-refractivity contribution in [1.29, 1.82) is 0 Å². The Morgan fingerprint density at radius 1 is 1.31 bits per heavy atom. The van der Waals surface area contributed by atoms with Gasteiger partial charge in [0.15, 0.2) is 0 Å². The Hall–Kier alpha value is -0.890. The van der Waals surface area contributed by atoms with Crippen LogP contribution in [0.5, 0.6) is 0 Å². The minimum atomic E-state index is 0.595. The Morgan fingerprint density at radius 2 is 2.00 bits per heavy atom. The average Bonchev–Trinajstić information content (AvgIpc) is 2.08. The summed E-state index contributed by atoms with van der Waals surface area (Å²) in [6.07, 6.45) is 2.16. The van der Waals surface area contributed by atoms with E-state index in [0.717, 1.165) is 10.6 Å². The van der Waals surface area contributed by atoms with Crippen molar-refractivity contribution >= 4 is 17.4 Å². The molecule has 0 aliphatic heterocycles. The normalized spacial score (nSPS) is 11.3. The molecule has 0 aliphatic rings. The fourth-order valence-corrected chi connectivity index (χ4v) is 1.76. The van der Waals surface area contributed by atoms with Crippen LogP contribution in [-0.2, 0) is 0 Å². The number of nitrogen functional groups attached to an aromatic ring is 1. The number of benzene rings is 1. The number of allylic oxidation sites excluding steroid dienone is 1. The van der Waals surface area contributed by atoms with Gasteiger partial charge >= 0.3 is 0 Å². The van der Waals surface area contributed by atoms with Crippen molar-refractivity contribution in [3.05, 3.63) is 35.7 Å². The molecule has 0 radical (unpaired) electrons. The summed E-state index contributed by atoms with van der Waals surface area (Å²) in [4.78, 5) is 1.12. The van der Waals surface area contributed by atoms with Crippen LogP contribution in [0.3, 0.4) is 0 Å². The zero-order valence-electron chi connectivity index (χ0n) is 8.03. The first-order valence-electron chi connectivity index (χ1n) is 4.38. The van der Waals surface area contributed by atoms with E-state index < -0.39 is 0 Å². The van der Waals surface area contributed by atoms with Crippen molar-refractivity contribution in [2.45, 2.75) is 18.7 Å². The number of para-hydroxylation sites is 1. The van der Waals surface area contributed by atoms with Gasteiger partial charge in [-0.2, -0.15) is 0 Å². The predicted molar refractivity (Wildman–Crippen MR) is 60.7 cm³/mol. The number of thioether (sulfide) groups is 1. The largest absolute Gasteiger partial charge is 0.398 e. The molecule has 0 aromatic heterocycles. The molecule has 0 saturated heterocycles. The Balaban J connectivity index is 2.59. The van der Waals surface area contributed by atoms with E-state index in [2.05, 4.69) is 25.3 Å². The van der Waals surface area contributed by atoms with Crippen LogP contribution in [0.15, 0.2) is 40.6 Å². The molecule has 2 N–H and O–H groups in total. The first kappa shape index (κ1) is 10.2. The SMILES string of the molecule is CC(C)/C=C/Sc1ccccc1N. The van der Waals surface area contributed by atoms with E-state index in [0.29, 0.717) is 5.92 Å². The van der Waals surface area contributed by atoms with Crippen molar-refractivity contribution in [2.75, 3.05) is 5.73 Å². The molecule has 1 aromatic carbocycles. The summed E-state index contributed by atoms with van der Waals surface area (Å²) >= 11 is 1.67. The summed E-state index contributed by atoms with van der Waals surface area (Å²) in [7, 11) is 0. The molecule has 0 heterocycles. The predicted octanol–water partition coefficient (Wildman–Crippen LogP) is 3.53. The first-order chi connectivity index (χ1) is 6.20. The molecule has 0 atom stereocenters. The molecular formula is C11H15NS. The minimum absolute atomic E-state index is 0.595. The van der Waals surface area contributed by atoms with Crippen molar-refractivity contribution in [2.24, 2.45) is 5.92 Å². The van der Waals surface area contributed by atoms with Gasteiger partial charge in [0, 0.05) is 10.6 Å². The van der Waals surface area contributed by atoms with E-state index in [9.17, 15) is 0 Å². The van der Waals surface area contributed by atoms with Crippen LogP contribution < -0.4 is 5.73 Å². The highest BCUT2D eigenvalue weighted by Gasteiger charge is 1.94. The Morgan fingerprint density at radius 3 is 2.62 bits per heavy atom. The van der Waals surface area contributed by atoms with Crippen LogP contribution in [0, 0.1) is 5.92 Å². The third-order valence-corrected chi connectivity index (χ3v) is 2.50. The monoisotopic (exact) mass is 193 g/mol. The van der Waals surface area contributed by atoms with Crippen LogP contribution in [0.1, 0.15) is 13.8 Å². The maximum Gasteiger partial charge on any atom is 0.0455 e. The highest BCUT2D eigenvalue weighted by Crippen LogP contribution is 2.25. The molecule has 0 fully saturated rings. The molecule has 1 rings (SSSR count). The first-order valence-corrected chi connectivity index (χ1v) is 5.26. The van der Waals surface area contributed by atoms with Gasteiger partial charge in [-0.25, -0.2) is 0 Å². The molecule has 0 unspecified atom stereocenters. The van der Waals surface area contributed by atoms with E-state index in [4.69, 9.17) is 5.73 Å². The summed E-state index contributed by atoms with van der Waals surface area (Å²) in [6, 6.07) is 7.91. The molecule has 0 bridgehead atoms. The lowest BCUT2D eigenvalue weighted by Gasteiger charge is -2.00. The standard InChI is InChI=1S/C11H15NS/c1-9(2)7-8-13-11-6-4-3-5-10(11)12/h3-9H,12H2,1-2H3/b8-7+. The number of hydrogen-bond acceptors (Lipinski definition) is 2. The number of anilines is 1. The van der Waals surface area contributed by atoms with Crippen molar-refractivity contribution in [3.8, 4) is 0 Å². The maximum absolute atomic E-state index is 5.78. The smallest absolute Gasteiger partial charge is 0.0455 e. The van der Waals surface area contributed by atoms with Gasteiger partial charge in [0.05, 0.1) is 0 Å². The lowest BCUT2D eigenvalue weighted by molar-refractivity contribution is 0.834. The van der Waals surface area contributed by atoms with E-state index >= 15 is 0 Å². The van der Waals surface area contributed by atoms with Crippen LogP contribution in [0.4, 0.5) is 5.69 Å². The van der Waals surface area contributed by atoms with E-state index in [1.54, 1.807) is 11.8 Å². The highest BCUT2D eigenvalue weighted by atomic mass is 32.2. The van der Waals surface area contributed by atoms with Crippen molar-refractivity contribution < 1.29 is 0 Å². The summed E-state index contributed by atoms with van der Waals surface area (Å²) in [5.41, 5.74) is 6.63. The topological polar surface area (TPSA) is 26.0 Å². The average molecular weight is 193 g/mol. The molecule has 0 spiro atoms. The second-order valence-electron chi connectivity index (χ2n) is 3.23. The second kappa shape index (κ2) is 4.97. The third-order valence-electron chi connectivity index (χ3n) is 1.58. The van der Waals surface area contributed by atoms with Crippen molar-refractivity contribution in [3.63, 3.8) is 0 Å². The molecule has 0 aliphatic carbocycles. The van der Waals surface area contributed by atoms with E-state index in [-0.39, 0.29) is 0 Å². The van der Waals surface area contributed by atoms with Gasteiger partial charge in [0.1, 0.15) is 0 Å².